The van der Waals surface area contributed by atoms with Crippen LogP contribution in [0.4, 0.5) is 27.6 Å². The lowest BCUT2D eigenvalue weighted by Crippen LogP contribution is -2.31. The van der Waals surface area contributed by atoms with E-state index in [2.05, 4.69) is 10.2 Å². The number of halogens is 5. The van der Waals surface area contributed by atoms with Gasteiger partial charge in [-0.25, -0.2) is 22.0 Å². The van der Waals surface area contributed by atoms with Gasteiger partial charge in [0.25, 0.3) is 0 Å². The van der Waals surface area contributed by atoms with Crippen LogP contribution in [0.25, 0.3) is 11.5 Å². The molecule has 0 aliphatic heterocycles. The lowest BCUT2D eigenvalue weighted by atomic mass is 10.1. The van der Waals surface area contributed by atoms with E-state index in [0.29, 0.717) is 5.56 Å². The van der Waals surface area contributed by atoms with E-state index >= 15 is 0 Å². The Morgan fingerprint density at radius 1 is 0.931 bits per heavy atom. The summed E-state index contributed by atoms with van der Waals surface area (Å²) in [6.45, 7) is 1.92. The van der Waals surface area contributed by atoms with Crippen LogP contribution in [-0.4, -0.2) is 16.1 Å². The second-order valence-corrected chi connectivity index (χ2v) is 5.99. The number of carbonyl (C=O) groups excluding carboxylic acids is 1. The van der Waals surface area contributed by atoms with Crippen LogP contribution in [0.5, 0.6) is 0 Å². The van der Waals surface area contributed by atoms with Gasteiger partial charge in [0.15, 0.2) is 23.3 Å². The van der Waals surface area contributed by atoms with Gasteiger partial charge in [0.2, 0.25) is 23.5 Å². The molecule has 1 amide bonds. The fourth-order valence-corrected chi connectivity index (χ4v) is 2.30. The zero-order valence-electron chi connectivity index (χ0n) is 14.8. The molecule has 1 heterocycles. The fourth-order valence-electron chi connectivity index (χ4n) is 2.30. The maximum atomic E-state index is 13.5. The van der Waals surface area contributed by atoms with Gasteiger partial charge in [-0.05, 0) is 19.1 Å². The molecule has 0 radical (unpaired) electrons. The van der Waals surface area contributed by atoms with Crippen LogP contribution in [0.3, 0.4) is 0 Å². The summed E-state index contributed by atoms with van der Waals surface area (Å²) in [7, 11) is 0. The summed E-state index contributed by atoms with van der Waals surface area (Å²) >= 11 is 0. The van der Waals surface area contributed by atoms with E-state index in [1.165, 1.54) is 0 Å². The van der Waals surface area contributed by atoms with Gasteiger partial charge in [-0.1, -0.05) is 17.7 Å². The third-order valence-electron chi connectivity index (χ3n) is 3.87. The molecule has 0 unspecified atom stereocenters. The highest BCUT2D eigenvalue weighted by Crippen LogP contribution is 2.26. The molecule has 152 valence electrons. The van der Waals surface area contributed by atoms with Gasteiger partial charge in [0.05, 0.1) is 0 Å². The molecule has 1 aromatic heterocycles. The molecule has 6 nitrogen and oxygen atoms in total. The molecule has 2 N–H and O–H groups in total. The zero-order chi connectivity index (χ0) is 21.1. The first kappa shape index (κ1) is 20.2. The van der Waals surface area contributed by atoms with Crippen LogP contribution in [0.15, 0.2) is 28.7 Å². The standard InChI is InChI=1S/C18H13F5N4O2/c1-8-2-4-9(5-3-8)18-27-25-11(29-18)7-6-10(28)24-26-17-15(22)13(20)12(19)14(21)16(17)23/h2-5,26H,6-7H2,1H3,(H,24,28). The molecule has 2 aromatic carbocycles. The molecule has 29 heavy (non-hydrogen) atoms. The lowest BCUT2D eigenvalue weighted by molar-refractivity contribution is -0.120. The number of hydrazine groups is 1. The summed E-state index contributed by atoms with van der Waals surface area (Å²) in [6.07, 6.45) is -0.262. The summed E-state index contributed by atoms with van der Waals surface area (Å²) in [5.74, 6) is -11.2. The maximum absolute atomic E-state index is 13.5. The van der Waals surface area contributed by atoms with E-state index in [0.717, 1.165) is 5.56 Å². The van der Waals surface area contributed by atoms with Crippen LogP contribution >= 0.6 is 0 Å². The van der Waals surface area contributed by atoms with E-state index in [9.17, 15) is 26.7 Å². The van der Waals surface area contributed by atoms with Gasteiger partial charge in [-0.15, -0.1) is 10.2 Å². The highest BCUT2D eigenvalue weighted by atomic mass is 19.2. The maximum Gasteiger partial charge on any atom is 0.247 e. The minimum absolute atomic E-state index is 0.0104. The molecular weight excluding hydrogens is 399 g/mol. The van der Waals surface area contributed by atoms with Gasteiger partial charge in [-0.3, -0.25) is 15.6 Å². The number of amides is 1. The fraction of sp³-hybridized carbons (Fsp3) is 0.167. The van der Waals surface area contributed by atoms with E-state index in [-0.39, 0.29) is 24.6 Å². The summed E-state index contributed by atoms with van der Waals surface area (Å²) in [5.41, 5.74) is 3.92. The van der Waals surface area contributed by atoms with Crippen molar-refractivity contribution in [1.29, 1.82) is 0 Å². The van der Waals surface area contributed by atoms with Crippen LogP contribution < -0.4 is 10.9 Å². The molecule has 0 atom stereocenters. The molecule has 0 spiro atoms. The minimum Gasteiger partial charge on any atom is -0.421 e. The Balaban J connectivity index is 1.58. The predicted molar refractivity (Wildman–Crippen MR) is 90.8 cm³/mol. The molecule has 0 fully saturated rings. The first-order chi connectivity index (χ1) is 13.8. The second kappa shape index (κ2) is 8.25. The number of benzene rings is 2. The highest BCUT2D eigenvalue weighted by molar-refractivity contribution is 5.77. The molecule has 0 saturated heterocycles. The largest absolute Gasteiger partial charge is 0.421 e. The Morgan fingerprint density at radius 2 is 1.52 bits per heavy atom. The number of aromatic nitrogens is 2. The number of hydrogen-bond donors (Lipinski definition) is 2. The van der Waals surface area contributed by atoms with Crippen molar-refractivity contribution in [2.75, 3.05) is 5.43 Å². The quantitative estimate of drug-likeness (QED) is 0.279. The first-order valence-corrected chi connectivity index (χ1v) is 8.23. The van der Waals surface area contributed by atoms with E-state index < -0.39 is 40.7 Å². The summed E-state index contributed by atoms with van der Waals surface area (Å²) in [4.78, 5) is 11.8. The minimum atomic E-state index is -2.29. The van der Waals surface area contributed by atoms with Gasteiger partial charge >= 0.3 is 0 Å². The number of rotatable bonds is 6. The molecule has 0 aliphatic carbocycles. The van der Waals surface area contributed by atoms with Crippen LogP contribution in [0.2, 0.25) is 0 Å². The first-order valence-electron chi connectivity index (χ1n) is 8.23. The average molecular weight is 412 g/mol. The third kappa shape index (κ3) is 4.33. The van der Waals surface area contributed by atoms with Crippen molar-refractivity contribution in [3.05, 3.63) is 64.8 Å². The number of anilines is 1. The number of nitrogens with zero attached hydrogens (tertiary/aromatic N) is 2. The summed E-state index contributed by atoms with van der Waals surface area (Å²) in [6, 6.07) is 7.29. The van der Waals surface area contributed by atoms with Crippen molar-refractivity contribution in [2.45, 2.75) is 19.8 Å². The average Bonchev–Trinajstić information content (AvgIpc) is 3.19. The molecule has 3 rings (SSSR count). The predicted octanol–water partition coefficient (Wildman–Crippen LogP) is 3.82. The van der Waals surface area contributed by atoms with Crippen LogP contribution in [0.1, 0.15) is 17.9 Å². The molecule has 3 aromatic rings. The molecule has 0 aliphatic rings. The van der Waals surface area contributed by atoms with Crippen LogP contribution in [0, 0.1) is 36.0 Å². The smallest absolute Gasteiger partial charge is 0.247 e. The van der Waals surface area contributed by atoms with Crippen molar-refractivity contribution in [2.24, 2.45) is 0 Å². The second-order valence-electron chi connectivity index (χ2n) is 5.99. The third-order valence-corrected chi connectivity index (χ3v) is 3.87. The Bertz CT molecular complexity index is 1020. The molecular formula is C18H13F5N4O2. The number of hydrogen-bond acceptors (Lipinski definition) is 5. The van der Waals surface area contributed by atoms with Gasteiger partial charge in [-0.2, -0.15) is 0 Å². The summed E-state index contributed by atoms with van der Waals surface area (Å²) < 4.78 is 71.7. The van der Waals surface area contributed by atoms with Crippen molar-refractivity contribution < 1.29 is 31.2 Å². The SMILES string of the molecule is Cc1ccc(-c2nnc(CCC(=O)NNc3c(F)c(F)c(F)c(F)c3F)o2)cc1. The van der Waals surface area contributed by atoms with E-state index in [1.54, 1.807) is 17.6 Å². The zero-order valence-corrected chi connectivity index (χ0v) is 14.8. The number of aryl methyl sites for hydroxylation is 2. The van der Waals surface area contributed by atoms with Crippen molar-refractivity contribution in [3.63, 3.8) is 0 Å². The Kier molecular flexibility index (Phi) is 5.76. The van der Waals surface area contributed by atoms with E-state index in [1.807, 2.05) is 24.5 Å². The van der Waals surface area contributed by atoms with Gasteiger partial charge in [0, 0.05) is 18.4 Å². The van der Waals surface area contributed by atoms with Crippen molar-refractivity contribution in [3.8, 4) is 11.5 Å². The molecule has 0 bridgehead atoms. The Morgan fingerprint density at radius 3 is 2.14 bits per heavy atom. The van der Waals surface area contributed by atoms with E-state index in [4.69, 9.17) is 4.42 Å². The normalized spacial score (nSPS) is 10.8. The number of nitrogens with one attached hydrogen (secondary N) is 2. The Labute approximate surface area is 160 Å². The molecule has 11 heteroatoms. The molecule has 0 saturated carbocycles. The topological polar surface area (TPSA) is 80.0 Å². The Hall–Kier alpha value is -3.50. The number of carbonyl (C=O) groups is 1. The lowest BCUT2D eigenvalue weighted by Gasteiger charge is -2.11. The highest BCUT2D eigenvalue weighted by Gasteiger charge is 2.26. The monoisotopic (exact) mass is 412 g/mol. The van der Waals surface area contributed by atoms with Gasteiger partial charge < -0.3 is 4.42 Å². The summed E-state index contributed by atoms with van der Waals surface area (Å²) in [5, 5.41) is 7.64. The van der Waals surface area contributed by atoms with Crippen molar-refractivity contribution >= 4 is 11.6 Å². The van der Waals surface area contributed by atoms with Crippen LogP contribution in [-0.2, 0) is 11.2 Å². The van der Waals surface area contributed by atoms with Crippen molar-refractivity contribution in [1.82, 2.24) is 15.6 Å². The van der Waals surface area contributed by atoms with Gasteiger partial charge in [0.1, 0.15) is 5.69 Å².